The van der Waals surface area contributed by atoms with Gasteiger partial charge in [0.25, 0.3) is 0 Å². The van der Waals surface area contributed by atoms with Gasteiger partial charge in [0.2, 0.25) is 0 Å². The molecule has 0 amide bonds. The Bertz CT molecular complexity index is 706. The second-order valence-corrected chi connectivity index (χ2v) is 8.06. The van der Waals surface area contributed by atoms with Crippen molar-refractivity contribution in [2.45, 2.75) is 45.1 Å². The smallest absolute Gasteiger partial charge is 0.341 e. The molecule has 3 N–H and O–H groups in total. The first-order valence-corrected chi connectivity index (χ1v) is 10.2. The average Bonchev–Trinajstić information content (AvgIpc) is 2.66. The number of benzene rings is 1. The number of ether oxygens (including phenoxy) is 2. The maximum Gasteiger partial charge on any atom is 0.341 e. The molecule has 1 aromatic carbocycles. The van der Waals surface area contributed by atoms with Gasteiger partial charge in [0, 0.05) is 0 Å². The Kier molecular flexibility index (Phi) is 6.61. The van der Waals surface area contributed by atoms with Crippen molar-refractivity contribution < 1.29 is 19.4 Å². The molecule has 1 aromatic rings. The van der Waals surface area contributed by atoms with E-state index in [0.29, 0.717) is 5.92 Å². The van der Waals surface area contributed by atoms with Crippen molar-refractivity contribution in [2.75, 3.05) is 32.0 Å². The van der Waals surface area contributed by atoms with Crippen LogP contribution in [0.2, 0.25) is 10.0 Å². The summed E-state index contributed by atoms with van der Waals surface area (Å²) in [5.74, 6) is -0.404. The number of nitrogen functional groups attached to an aromatic ring is 1. The van der Waals surface area contributed by atoms with Crippen LogP contribution in [0.5, 0.6) is 11.5 Å². The van der Waals surface area contributed by atoms with Crippen LogP contribution < -0.4 is 15.2 Å². The van der Waals surface area contributed by atoms with Crippen LogP contribution in [0.1, 0.15) is 49.4 Å². The van der Waals surface area contributed by atoms with Gasteiger partial charge in [0.1, 0.15) is 18.3 Å². The normalized spacial score (nSPS) is 20.6. The van der Waals surface area contributed by atoms with E-state index in [4.69, 9.17) is 38.4 Å². The fourth-order valence-electron chi connectivity index (χ4n) is 3.80. The number of anilines is 1. The van der Waals surface area contributed by atoms with Gasteiger partial charge in [-0.2, -0.15) is 0 Å². The van der Waals surface area contributed by atoms with Crippen molar-refractivity contribution in [1.82, 2.24) is 4.90 Å². The first-order valence-electron chi connectivity index (χ1n) is 9.47. The highest BCUT2D eigenvalue weighted by atomic mass is 35.5. The van der Waals surface area contributed by atoms with Gasteiger partial charge < -0.3 is 25.2 Å². The second kappa shape index (κ2) is 8.76. The first kappa shape index (κ1) is 20.4. The SMILES string of the molecule is CCCCN1CCC(CC2COc3c(c(N)c(Cl)c(Cl)c3C(=O)O)O2)CC1. The van der Waals surface area contributed by atoms with Gasteiger partial charge in [0.05, 0.1) is 15.7 Å². The van der Waals surface area contributed by atoms with E-state index in [2.05, 4.69) is 11.8 Å². The van der Waals surface area contributed by atoms with Crippen LogP contribution in [0.15, 0.2) is 0 Å². The van der Waals surface area contributed by atoms with Crippen LogP contribution in [0, 0.1) is 5.92 Å². The molecular formula is C19H26Cl2N2O4. The summed E-state index contributed by atoms with van der Waals surface area (Å²) < 4.78 is 11.7. The number of nitrogens with two attached hydrogens (primary N) is 1. The van der Waals surface area contributed by atoms with E-state index in [-0.39, 0.29) is 45.5 Å². The third kappa shape index (κ3) is 4.39. The van der Waals surface area contributed by atoms with Crippen LogP contribution in [0.3, 0.4) is 0 Å². The van der Waals surface area contributed by atoms with E-state index in [0.717, 1.165) is 32.4 Å². The molecule has 0 bridgehead atoms. The number of hydrogen-bond acceptors (Lipinski definition) is 5. The summed E-state index contributed by atoms with van der Waals surface area (Å²) >= 11 is 12.1. The van der Waals surface area contributed by atoms with Crippen LogP contribution >= 0.6 is 23.2 Å². The quantitative estimate of drug-likeness (QED) is 0.671. The highest BCUT2D eigenvalue weighted by Gasteiger charge is 2.34. The zero-order valence-electron chi connectivity index (χ0n) is 15.5. The van der Waals surface area contributed by atoms with Crippen LogP contribution in [-0.2, 0) is 0 Å². The summed E-state index contributed by atoms with van der Waals surface area (Å²) in [6.07, 6.45) is 5.41. The zero-order valence-corrected chi connectivity index (χ0v) is 17.0. The van der Waals surface area contributed by atoms with Crippen LogP contribution in [0.25, 0.3) is 0 Å². The van der Waals surface area contributed by atoms with Crippen molar-refractivity contribution in [2.24, 2.45) is 5.92 Å². The predicted molar refractivity (Wildman–Crippen MR) is 106 cm³/mol. The van der Waals surface area contributed by atoms with E-state index in [1.54, 1.807) is 0 Å². The molecule has 2 aliphatic heterocycles. The van der Waals surface area contributed by atoms with E-state index in [1.165, 1.54) is 19.4 Å². The number of halogens is 2. The highest BCUT2D eigenvalue weighted by molar-refractivity contribution is 6.46. The Hall–Kier alpha value is -1.37. The molecule has 150 valence electrons. The lowest BCUT2D eigenvalue weighted by Crippen LogP contribution is -2.38. The molecule has 8 heteroatoms. The number of carbonyl (C=O) groups is 1. The molecule has 2 heterocycles. The van der Waals surface area contributed by atoms with E-state index < -0.39 is 5.97 Å². The number of fused-ring (bicyclic) bond motifs is 1. The van der Waals surface area contributed by atoms with E-state index >= 15 is 0 Å². The molecule has 1 saturated heterocycles. The Morgan fingerprint density at radius 2 is 1.96 bits per heavy atom. The van der Waals surface area contributed by atoms with Gasteiger partial charge in [0.15, 0.2) is 11.5 Å². The Labute approximate surface area is 169 Å². The summed E-state index contributed by atoms with van der Waals surface area (Å²) in [5, 5.41) is 9.29. The lowest BCUT2D eigenvalue weighted by Gasteiger charge is -2.35. The monoisotopic (exact) mass is 416 g/mol. The number of carboxylic acid groups (broad SMARTS) is 1. The number of rotatable bonds is 6. The fourth-order valence-corrected chi connectivity index (χ4v) is 4.25. The minimum absolute atomic E-state index is 0.0127. The molecule has 27 heavy (non-hydrogen) atoms. The summed E-state index contributed by atoms with van der Waals surface area (Å²) in [6.45, 7) is 5.89. The van der Waals surface area contributed by atoms with E-state index in [9.17, 15) is 9.90 Å². The largest absolute Gasteiger partial charge is 0.485 e. The fraction of sp³-hybridized carbons (Fsp3) is 0.632. The van der Waals surface area contributed by atoms with Gasteiger partial charge in [-0.25, -0.2) is 4.79 Å². The molecule has 1 atom stereocenters. The van der Waals surface area contributed by atoms with Crippen LogP contribution in [0.4, 0.5) is 5.69 Å². The standard InChI is InChI=1S/C19H26Cl2N2O4/c1-2-3-6-23-7-4-11(5-8-23)9-12-10-26-17-13(19(24)25)14(20)15(21)16(22)18(17)27-12/h11-12H,2-10,22H2,1H3,(H,24,25). The summed E-state index contributed by atoms with van der Waals surface area (Å²) in [5.41, 5.74) is 5.94. The second-order valence-electron chi connectivity index (χ2n) is 7.31. The van der Waals surface area contributed by atoms with Crippen molar-refractivity contribution in [3.05, 3.63) is 15.6 Å². The molecule has 2 aliphatic rings. The summed E-state index contributed by atoms with van der Waals surface area (Å²) in [6, 6.07) is 0. The molecule has 0 spiro atoms. The van der Waals surface area contributed by atoms with Gasteiger partial charge in [-0.1, -0.05) is 36.5 Å². The number of unbranched alkanes of at least 4 members (excludes halogenated alkanes) is 1. The molecule has 3 rings (SSSR count). The number of aromatic carboxylic acids is 1. The minimum Gasteiger partial charge on any atom is -0.485 e. The minimum atomic E-state index is -1.22. The lowest BCUT2D eigenvalue weighted by atomic mass is 9.91. The molecule has 0 radical (unpaired) electrons. The third-order valence-corrected chi connectivity index (χ3v) is 6.24. The third-order valence-electron chi connectivity index (χ3n) is 5.37. The number of nitrogens with zero attached hydrogens (tertiary/aromatic N) is 1. The maximum atomic E-state index is 11.5. The van der Waals surface area contributed by atoms with Gasteiger partial charge >= 0.3 is 5.97 Å². The first-order chi connectivity index (χ1) is 12.9. The molecule has 1 fully saturated rings. The Morgan fingerprint density at radius 1 is 1.26 bits per heavy atom. The molecule has 6 nitrogen and oxygen atoms in total. The molecule has 0 aliphatic carbocycles. The number of piperidine rings is 1. The van der Waals surface area contributed by atoms with Crippen molar-refractivity contribution in [1.29, 1.82) is 0 Å². The summed E-state index contributed by atoms with van der Waals surface area (Å²) in [4.78, 5) is 14.1. The van der Waals surface area contributed by atoms with E-state index in [1.807, 2.05) is 0 Å². The summed E-state index contributed by atoms with van der Waals surface area (Å²) in [7, 11) is 0. The predicted octanol–water partition coefficient (Wildman–Crippen LogP) is 4.32. The number of hydrogen-bond donors (Lipinski definition) is 2. The lowest BCUT2D eigenvalue weighted by molar-refractivity contribution is 0.0551. The maximum absolute atomic E-state index is 11.5. The Morgan fingerprint density at radius 3 is 2.59 bits per heavy atom. The van der Waals surface area contributed by atoms with Crippen molar-refractivity contribution >= 4 is 34.9 Å². The number of likely N-dealkylation sites (tertiary alicyclic amines) is 1. The van der Waals surface area contributed by atoms with Crippen molar-refractivity contribution in [3.63, 3.8) is 0 Å². The van der Waals surface area contributed by atoms with Gasteiger partial charge in [-0.05, 0) is 51.2 Å². The average molecular weight is 417 g/mol. The molecular weight excluding hydrogens is 391 g/mol. The van der Waals surface area contributed by atoms with Crippen molar-refractivity contribution in [3.8, 4) is 11.5 Å². The molecule has 0 saturated carbocycles. The molecule has 1 unspecified atom stereocenters. The zero-order chi connectivity index (χ0) is 19.6. The molecule has 0 aromatic heterocycles. The van der Waals surface area contributed by atoms with Crippen LogP contribution in [-0.4, -0.2) is 48.3 Å². The topological polar surface area (TPSA) is 85.0 Å². The highest BCUT2D eigenvalue weighted by Crippen LogP contribution is 2.49. The Balaban J connectivity index is 1.66. The number of carboxylic acids is 1. The van der Waals surface area contributed by atoms with Gasteiger partial charge in [-0.15, -0.1) is 0 Å². The van der Waals surface area contributed by atoms with Gasteiger partial charge in [-0.3, -0.25) is 0 Å².